The molecule has 0 fully saturated rings. The van der Waals surface area contributed by atoms with Gasteiger partial charge in [0.25, 0.3) is 0 Å². The van der Waals surface area contributed by atoms with E-state index in [0.717, 1.165) is 27.2 Å². The molecule has 1 unspecified atom stereocenters. The lowest BCUT2D eigenvalue weighted by atomic mass is 10.0. The second-order valence-electron chi connectivity index (χ2n) is 7.05. The number of nitrogens with zero attached hydrogens (tertiary/aromatic N) is 1. The Labute approximate surface area is 177 Å². The van der Waals surface area contributed by atoms with Crippen molar-refractivity contribution in [3.63, 3.8) is 0 Å². The van der Waals surface area contributed by atoms with Gasteiger partial charge in [0.05, 0.1) is 11.6 Å². The summed E-state index contributed by atoms with van der Waals surface area (Å²) in [6.45, 7) is 3.57. The number of thiazole rings is 1. The summed E-state index contributed by atoms with van der Waals surface area (Å²) >= 11 is 1.56. The smallest absolute Gasteiger partial charge is 0.243 e. The van der Waals surface area contributed by atoms with Crippen LogP contribution < -0.4 is 10.6 Å². The number of rotatable bonds is 7. The SMILES string of the molecule is CC(=O)NC(Cc1c[nH]c2ccccc12)C(=O)NCc1ccc(-c2csc(C)n2)o1. The molecule has 4 aromatic rings. The number of carbonyl (C=O) groups is 2. The molecule has 0 aliphatic heterocycles. The number of hydrogen-bond acceptors (Lipinski definition) is 5. The highest BCUT2D eigenvalue weighted by Crippen LogP contribution is 2.24. The lowest BCUT2D eigenvalue weighted by Gasteiger charge is -2.17. The lowest BCUT2D eigenvalue weighted by molar-refractivity contribution is -0.128. The van der Waals surface area contributed by atoms with Crippen LogP contribution >= 0.6 is 11.3 Å². The molecule has 0 spiro atoms. The Bertz CT molecular complexity index is 1190. The molecular weight excluding hydrogens is 400 g/mol. The van der Waals surface area contributed by atoms with Crippen LogP contribution in [0.15, 0.2) is 52.4 Å². The Hall–Kier alpha value is -3.39. The predicted molar refractivity (Wildman–Crippen MR) is 116 cm³/mol. The van der Waals surface area contributed by atoms with Crippen molar-refractivity contribution in [2.45, 2.75) is 32.9 Å². The van der Waals surface area contributed by atoms with E-state index >= 15 is 0 Å². The molecule has 0 aliphatic rings. The van der Waals surface area contributed by atoms with E-state index < -0.39 is 6.04 Å². The molecule has 1 atom stereocenters. The molecule has 0 saturated carbocycles. The molecule has 154 valence electrons. The third-order valence-corrected chi connectivity index (χ3v) is 5.54. The summed E-state index contributed by atoms with van der Waals surface area (Å²) in [6.07, 6.45) is 2.26. The quantitative estimate of drug-likeness (QED) is 0.424. The van der Waals surface area contributed by atoms with E-state index in [-0.39, 0.29) is 18.4 Å². The van der Waals surface area contributed by atoms with Crippen molar-refractivity contribution in [1.82, 2.24) is 20.6 Å². The summed E-state index contributed by atoms with van der Waals surface area (Å²) in [5.74, 6) is 0.769. The molecule has 3 heterocycles. The Morgan fingerprint density at radius 2 is 2.07 bits per heavy atom. The van der Waals surface area contributed by atoms with Crippen LogP contribution in [-0.4, -0.2) is 27.8 Å². The topological polar surface area (TPSA) is 100 Å². The number of aryl methyl sites for hydroxylation is 1. The van der Waals surface area contributed by atoms with Crippen molar-refractivity contribution in [2.24, 2.45) is 0 Å². The molecule has 2 amide bonds. The van der Waals surface area contributed by atoms with Gasteiger partial charge in [-0.3, -0.25) is 9.59 Å². The van der Waals surface area contributed by atoms with Crippen LogP contribution in [0.4, 0.5) is 0 Å². The molecule has 0 aliphatic carbocycles. The van der Waals surface area contributed by atoms with Crippen LogP contribution in [0.25, 0.3) is 22.4 Å². The van der Waals surface area contributed by atoms with Gasteiger partial charge in [-0.25, -0.2) is 4.98 Å². The first-order chi connectivity index (χ1) is 14.5. The van der Waals surface area contributed by atoms with Crippen molar-refractivity contribution in [2.75, 3.05) is 0 Å². The van der Waals surface area contributed by atoms with Crippen LogP contribution in [-0.2, 0) is 22.6 Å². The zero-order valence-electron chi connectivity index (χ0n) is 16.7. The van der Waals surface area contributed by atoms with Crippen molar-refractivity contribution >= 4 is 34.1 Å². The Balaban J connectivity index is 1.43. The maximum Gasteiger partial charge on any atom is 0.243 e. The first-order valence-electron chi connectivity index (χ1n) is 9.60. The highest BCUT2D eigenvalue weighted by molar-refractivity contribution is 7.09. The molecular formula is C22H22N4O3S. The summed E-state index contributed by atoms with van der Waals surface area (Å²) in [5, 5.41) is 9.54. The highest BCUT2D eigenvalue weighted by atomic mass is 32.1. The third-order valence-electron chi connectivity index (χ3n) is 4.76. The largest absolute Gasteiger partial charge is 0.458 e. The van der Waals surface area contributed by atoms with E-state index in [1.165, 1.54) is 6.92 Å². The number of amides is 2. The van der Waals surface area contributed by atoms with Crippen LogP contribution in [0.1, 0.15) is 23.3 Å². The number of furan rings is 1. The number of H-pyrrole nitrogens is 1. The number of carbonyl (C=O) groups excluding carboxylic acids is 2. The van der Waals surface area contributed by atoms with Crippen LogP contribution in [0.2, 0.25) is 0 Å². The Morgan fingerprint density at radius 1 is 1.23 bits per heavy atom. The second-order valence-corrected chi connectivity index (χ2v) is 8.11. The van der Waals surface area contributed by atoms with Crippen molar-refractivity contribution in [3.8, 4) is 11.5 Å². The van der Waals surface area contributed by atoms with Gasteiger partial charge in [0.2, 0.25) is 11.8 Å². The fraction of sp³-hybridized carbons (Fsp3) is 0.227. The molecule has 7 nitrogen and oxygen atoms in total. The van der Waals surface area contributed by atoms with Gasteiger partial charge in [-0.1, -0.05) is 18.2 Å². The molecule has 3 N–H and O–H groups in total. The number of nitrogens with one attached hydrogen (secondary N) is 3. The minimum Gasteiger partial charge on any atom is -0.458 e. The van der Waals surface area contributed by atoms with E-state index in [1.54, 1.807) is 11.3 Å². The summed E-state index contributed by atoms with van der Waals surface area (Å²) in [4.78, 5) is 32.1. The van der Waals surface area contributed by atoms with Crippen molar-refractivity contribution < 1.29 is 14.0 Å². The summed E-state index contributed by atoms with van der Waals surface area (Å²) in [7, 11) is 0. The van der Waals surface area contributed by atoms with E-state index in [4.69, 9.17) is 4.42 Å². The normalized spacial score (nSPS) is 12.1. The van der Waals surface area contributed by atoms with Gasteiger partial charge in [0.15, 0.2) is 5.76 Å². The minimum absolute atomic E-state index is 0.228. The van der Waals surface area contributed by atoms with Gasteiger partial charge >= 0.3 is 0 Å². The van der Waals surface area contributed by atoms with Crippen LogP contribution in [0, 0.1) is 6.92 Å². The predicted octanol–water partition coefficient (Wildman–Crippen LogP) is 3.56. The maximum absolute atomic E-state index is 12.8. The number of aromatic amines is 1. The Kier molecular flexibility index (Phi) is 5.67. The summed E-state index contributed by atoms with van der Waals surface area (Å²) in [5.41, 5.74) is 2.75. The van der Waals surface area contributed by atoms with Crippen molar-refractivity contribution in [1.29, 1.82) is 0 Å². The first kappa shape index (κ1) is 19.9. The average molecular weight is 423 g/mol. The molecule has 4 rings (SSSR count). The average Bonchev–Trinajstić information content (AvgIpc) is 3.45. The molecule has 0 radical (unpaired) electrons. The fourth-order valence-electron chi connectivity index (χ4n) is 3.36. The van der Waals surface area contributed by atoms with Gasteiger partial charge in [-0.05, 0) is 30.7 Å². The molecule has 30 heavy (non-hydrogen) atoms. The number of hydrogen-bond donors (Lipinski definition) is 3. The van der Waals surface area contributed by atoms with Crippen LogP contribution in [0.5, 0.6) is 0 Å². The van der Waals surface area contributed by atoms with Gasteiger partial charge in [-0.2, -0.15) is 0 Å². The summed E-state index contributed by atoms with van der Waals surface area (Å²) < 4.78 is 5.79. The zero-order valence-corrected chi connectivity index (χ0v) is 17.5. The molecule has 3 aromatic heterocycles. The van der Waals surface area contributed by atoms with E-state index in [9.17, 15) is 9.59 Å². The number of fused-ring (bicyclic) bond motifs is 1. The Morgan fingerprint density at radius 3 is 2.83 bits per heavy atom. The van der Waals surface area contributed by atoms with Gasteiger partial charge in [0, 0.05) is 35.8 Å². The van der Waals surface area contributed by atoms with Gasteiger partial charge in [0.1, 0.15) is 17.5 Å². The summed E-state index contributed by atoms with van der Waals surface area (Å²) in [6, 6.07) is 10.8. The van der Waals surface area contributed by atoms with E-state index in [0.29, 0.717) is 17.9 Å². The number of aromatic nitrogens is 2. The fourth-order valence-corrected chi connectivity index (χ4v) is 3.96. The van der Waals surface area contributed by atoms with Gasteiger partial charge in [-0.15, -0.1) is 11.3 Å². The standard InChI is InChI=1S/C22H22N4O3S/c1-13(27)25-19(9-15-10-23-18-6-4-3-5-17(15)18)22(28)24-11-16-7-8-21(29-16)20-12-30-14(2)26-20/h3-8,10,12,19,23H,9,11H2,1-2H3,(H,24,28)(H,25,27). The van der Waals surface area contributed by atoms with E-state index in [2.05, 4.69) is 20.6 Å². The molecule has 0 saturated heterocycles. The van der Waals surface area contributed by atoms with Gasteiger partial charge < -0.3 is 20.0 Å². The third kappa shape index (κ3) is 4.44. The first-order valence-corrected chi connectivity index (χ1v) is 10.5. The highest BCUT2D eigenvalue weighted by Gasteiger charge is 2.21. The minimum atomic E-state index is -0.683. The monoisotopic (exact) mass is 422 g/mol. The number of para-hydroxylation sites is 1. The molecule has 1 aromatic carbocycles. The zero-order chi connectivity index (χ0) is 21.1. The maximum atomic E-state index is 12.8. The molecule has 0 bridgehead atoms. The van der Waals surface area contributed by atoms with E-state index in [1.807, 2.05) is 54.9 Å². The lowest BCUT2D eigenvalue weighted by Crippen LogP contribution is -2.47. The van der Waals surface area contributed by atoms with Crippen LogP contribution in [0.3, 0.4) is 0 Å². The molecule has 8 heteroatoms. The second kappa shape index (κ2) is 8.54. The number of benzene rings is 1. The van der Waals surface area contributed by atoms with Crippen molar-refractivity contribution in [3.05, 3.63) is 64.3 Å².